The van der Waals surface area contributed by atoms with E-state index in [1.807, 2.05) is 42.5 Å². The summed E-state index contributed by atoms with van der Waals surface area (Å²) in [6.45, 7) is 0. The quantitative estimate of drug-likeness (QED) is 0.536. The van der Waals surface area contributed by atoms with Gasteiger partial charge >= 0.3 is 0 Å². The van der Waals surface area contributed by atoms with Crippen molar-refractivity contribution in [2.45, 2.75) is 0 Å². The molecule has 1 heterocycles. The molecule has 26 heavy (non-hydrogen) atoms. The molecule has 3 aromatic carbocycles. The number of hydrogen-bond acceptors (Lipinski definition) is 3. The molecule has 4 heteroatoms. The van der Waals surface area contributed by atoms with E-state index in [-0.39, 0.29) is 17.5 Å². The van der Waals surface area contributed by atoms with E-state index in [0.29, 0.717) is 22.4 Å². The zero-order valence-electron chi connectivity index (χ0n) is 13.8. The molecule has 0 atom stereocenters. The first-order valence-corrected chi connectivity index (χ1v) is 8.20. The zero-order chi connectivity index (χ0) is 17.9. The van der Waals surface area contributed by atoms with Gasteiger partial charge < -0.3 is 9.73 Å². The van der Waals surface area contributed by atoms with Gasteiger partial charge in [0.25, 0.3) is 5.91 Å². The molecular weight excluding hydrogens is 326 g/mol. The highest BCUT2D eigenvalue weighted by Gasteiger charge is 2.13. The Labute approximate surface area is 150 Å². The Kier molecular flexibility index (Phi) is 4.07. The Hall–Kier alpha value is -3.66. The second-order valence-electron chi connectivity index (χ2n) is 5.88. The van der Waals surface area contributed by atoms with E-state index >= 15 is 0 Å². The first kappa shape index (κ1) is 15.8. The van der Waals surface area contributed by atoms with E-state index < -0.39 is 0 Å². The first-order chi connectivity index (χ1) is 12.7. The standard InChI is InChI=1S/C22H15NO3/c24-21(15-6-2-1-3-7-15)16-10-12-18(13-11-16)23-22(25)20-14-17-8-4-5-9-19(17)26-20/h1-14H,(H,23,25). The molecule has 0 fully saturated rings. The largest absolute Gasteiger partial charge is 0.451 e. The van der Waals surface area contributed by atoms with Crippen LogP contribution in [0.2, 0.25) is 0 Å². The molecule has 4 aromatic rings. The molecule has 0 spiro atoms. The molecule has 0 radical (unpaired) electrons. The van der Waals surface area contributed by atoms with Gasteiger partial charge in [-0.25, -0.2) is 0 Å². The van der Waals surface area contributed by atoms with Crippen molar-refractivity contribution in [1.82, 2.24) is 0 Å². The molecule has 0 saturated carbocycles. The smallest absolute Gasteiger partial charge is 0.291 e. The normalized spacial score (nSPS) is 10.6. The van der Waals surface area contributed by atoms with Crippen LogP contribution >= 0.6 is 0 Å². The maximum atomic E-state index is 12.4. The predicted molar refractivity (Wildman–Crippen MR) is 100 cm³/mol. The van der Waals surface area contributed by atoms with Crippen LogP contribution in [0, 0.1) is 0 Å². The van der Waals surface area contributed by atoms with E-state index in [2.05, 4.69) is 5.32 Å². The molecule has 4 rings (SSSR count). The Morgan fingerprint density at radius 1 is 0.731 bits per heavy atom. The van der Waals surface area contributed by atoms with E-state index in [9.17, 15) is 9.59 Å². The lowest BCUT2D eigenvalue weighted by Crippen LogP contribution is -2.11. The van der Waals surface area contributed by atoms with Crippen molar-refractivity contribution in [3.8, 4) is 0 Å². The van der Waals surface area contributed by atoms with Gasteiger partial charge in [-0.15, -0.1) is 0 Å². The van der Waals surface area contributed by atoms with Crippen LogP contribution in [0.5, 0.6) is 0 Å². The van der Waals surface area contributed by atoms with Gasteiger partial charge in [-0.3, -0.25) is 9.59 Å². The Balaban J connectivity index is 1.50. The molecule has 1 amide bonds. The number of benzene rings is 3. The molecule has 1 N–H and O–H groups in total. The highest BCUT2D eigenvalue weighted by Crippen LogP contribution is 2.20. The second-order valence-corrected chi connectivity index (χ2v) is 5.88. The van der Waals surface area contributed by atoms with Crippen LogP contribution in [0.25, 0.3) is 11.0 Å². The van der Waals surface area contributed by atoms with Crippen LogP contribution < -0.4 is 5.32 Å². The number of rotatable bonds is 4. The monoisotopic (exact) mass is 341 g/mol. The summed E-state index contributed by atoms with van der Waals surface area (Å²) in [6.07, 6.45) is 0. The molecule has 0 bridgehead atoms. The van der Waals surface area contributed by atoms with Gasteiger partial charge in [0.1, 0.15) is 5.58 Å². The van der Waals surface area contributed by atoms with Gasteiger partial charge in [-0.2, -0.15) is 0 Å². The number of furan rings is 1. The summed E-state index contributed by atoms with van der Waals surface area (Å²) in [5, 5.41) is 3.66. The van der Waals surface area contributed by atoms with Crippen LogP contribution in [0.1, 0.15) is 26.5 Å². The third-order valence-electron chi connectivity index (χ3n) is 4.09. The molecular formula is C22H15NO3. The lowest BCUT2D eigenvalue weighted by atomic mass is 10.0. The average molecular weight is 341 g/mol. The number of para-hydroxylation sites is 1. The van der Waals surface area contributed by atoms with Crippen molar-refractivity contribution in [2.24, 2.45) is 0 Å². The summed E-state index contributed by atoms with van der Waals surface area (Å²) < 4.78 is 5.56. The summed E-state index contributed by atoms with van der Waals surface area (Å²) in [4.78, 5) is 24.8. The number of ketones is 1. The molecule has 0 aliphatic carbocycles. The number of nitrogens with one attached hydrogen (secondary N) is 1. The molecule has 0 saturated heterocycles. The molecule has 126 valence electrons. The maximum absolute atomic E-state index is 12.4. The van der Waals surface area contributed by atoms with Crippen LogP contribution in [0.3, 0.4) is 0 Å². The SMILES string of the molecule is O=C(c1ccccc1)c1ccc(NC(=O)c2cc3ccccc3o2)cc1. The topological polar surface area (TPSA) is 59.3 Å². The molecule has 1 aromatic heterocycles. The molecule has 0 aliphatic rings. The van der Waals surface area contributed by atoms with Crippen LogP contribution in [0.15, 0.2) is 89.3 Å². The summed E-state index contributed by atoms with van der Waals surface area (Å²) in [6, 6.07) is 25.0. The lowest BCUT2D eigenvalue weighted by molar-refractivity contribution is 0.0997. The fourth-order valence-electron chi connectivity index (χ4n) is 2.75. The maximum Gasteiger partial charge on any atom is 0.291 e. The fourth-order valence-corrected chi connectivity index (χ4v) is 2.75. The van der Waals surface area contributed by atoms with Gasteiger partial charge in [0.05, 0.1) is 0 Å². The van der Waals surface area contributed by atoms with Gasteiger partial charge in [-0.1, -0.05) is 48.5 Å². The summed E-state index contributed by atoms with van der Waals surface area (Å²) >= 11 is 0. The predicted octanol–water partition coefficient (Wildman–Crippen LogP) is 4.92. The van der Waals surface area contributed by atoms with Crippen molar-refractivity contribution in [3.05, 3.63) is 102 Å². The number of fused-ring (bicyclic) bond motifs is 1. The van der Waals surface area contributed by atoms with Crippen molar-refractivity contribution in [2.75, 3.05) is 5.32 Å². The number of amides is 1. The minimum absolute atomic E-state index is 0.0549. The number of carbonyl (C=O) groups excluding carboxylic acids is 2. The summed E-state index contributed by atoms with van der Waals surface area (Å²) in [5.41, 5.74) is 2.46. The van der Waals surface area contributed by atoms with Crippen molar-refractivity contribution < 1.29 is 14.0 Å². The number of anilines is 1. The van der Waals surface area contributed by atoms with E-state index in [0.717, 1.165) is 5.39 Å². The average Bonchev–Trinajstić information content (AvgIpc) is 3.13. The lowest BCUT2D eigenvalue weighted by Gasteiger charge is -2.05. The van der Waals surface area contributed by atoms with Crippen LogP contribution in [-0.4, -0.2) is 11.7 Å². The van der Waals surface area contributed by atoms with Crippen LogP contribution in [-0.2, 0) is 0 Å². The molecule has 0 aliphatic heterocycles. The fraction of sp³-hybridized carbons (Fsp3) is 0. The van der Waals surface area contributed by atoms with Gasteiger partial charge in [-0.05, 0) is 36.4 Å². The van der Waals surface area contributed by atoms with Crippen molar-refractivity contribution in [3.63, 3.8) is 0 Å². The molecule has 0 unspecified atom stereocenters. The Bertz CT molecular complexity index is 1050. The minimum Gasteiger partial charge on any atom is -0.451 e. The van der Waals surface area contributed by atoms with E-state index in [1.165, 1.54) is 0 Å². The highest BCUT2D eigenvalue weighted by atomic mass is 16.3. The Morgan fingerprint density at radius 2 is 1.38 bits per heavy atom. The minimum atomic E-state index is -0.330. The third kappa shape index (κ3) is 3.13. The van der Waals surface area contributed by atoms with Gasteiger partial charge in [0.15, 0.2) is 11.5 Å². The van der Waals surface area contributed by atoms with Crippen molar-refractivity contribution >= 4 is 28.3 Å². The van der Waals surface area contributed by atoms with E-state index in [1.54, 1.807) is 42.5 Å². The molecule has 4 nitrogen and oxygen atoms in total. The van der Waals surface area contributed by atoms with Crippen molar-refractivity contribution in [1.29, 1.82) is 0 Å². The third-order valence-corrected chi connectivity index (χ3v) is 4.09. The summed E-state index contributed by atoms with van der Waals surface area (Å²) in [7, 11) is 0. The number of carbonyl (C=O) groups is 2. The highest BCUT2D eigenvalue weighted by molar-refractivity contribution is 6.09. The second kappa shape index (κ2) is 6.69. The Morgan fingerprint density at radius 3 is 2.12 bits per heavy atom. The van der Waals surface area contributed by atoms with Crippen LogP contribution in [0.4, 0.5) is 5.69 Å². The zero-order valence-corrected chi connectivity index (χ0v) is 13.8. The van der Waals surface area contributed by atoms with E-state index in [4.69, 9.17) is 4.42 Å². The summed E-state index contributed by atoms with van der Waals surface area (Å²) in [5.74, 6) is -0.139. The van der Waals surface area contributed by atoms with Gasteiger partial charge in [0.2, 0.25) is 0 Å². The first-order valence-electron chi connectivity index (χ1n) is 8.20. The van der Waals surface area contributed by atoms with Gasteiger partial charge in [0, 0.05) is 22.2 Å². The number of hydrogen-bond donors (Lipinski definition) is 1.